The molecule has 0 aliphatic carbocycles. The Balaban J connectivity index is 0.898. The molecule has 0 amide bonds. The van der Waals surface area contributed by atoms with Crippen LogP contribution in [-0.4, -0.2) is 13.7 Å². The lowest BCUT2D eigenvalue weighted by atomic mass is 9.33. The second-order valence-electron chi connectivity index (χ2n) is 29.3. The average Bonchev–Trinajstić information content (AvgIpc) is 1.28. The molecule has 94 heavy (non-hydrogen) atoms. The van der Waals surface area contributed by atoms with Crippen molar-refractivity contribution in [2.24, 2.45) is 0 Å². The maximum absolute atomic E-state index is 6.53. The van der Waals surface area contributed by atoms with Crippen molar-refractivity contribution in [3.63, 3.8) is 0 Å². The smallest absolute Gasteiger partial charge is 0.421 e. The summed E-state index contributed by atoms with van der Waals surface area (Å²) >= 11 is 0. The topological polar surface area (TPSA) is 39.2 Å². The summed E-state index contributed by atoms with van der Waals surface area (Å²) < 4.78 is 13.0. The Bertz CT molecular complexity index is 5560. The number of hydrogen-bond acceptors (Lipinski definition) is 6. The molecule has 4 aliphatic rings. The van der Waals surface area contributed by atoms with Crippen molar-refractivity contribution < 1.29 is 8.83 Å². The van der Waals surface area contributed by atoms with Crippen LogP contribution < -0.4 is 41.3 Å². The summed E-state index contributed by atoms with van der Waals surface area (Å²) in [5, 5.41) is 4.54. The Kier molecular flexibility index (Phi) is 12.0. The van der Waals surface area contributed by atoms with E-state index < -0.39 is 0 Å². The third kappa shape index (κ3) is 8.24. The first kappa shape index (κ1) is 56.3. The number of anilines is 10. The van der Waals surface area contributed by atoms with Crippen molar-refractivity contribution >= 4 is 136 Å². The number of para-hydroxylation sites is 4. The van der Waals surface area contributed by atoms with Gasteiger partial charge in [-0.2, -0.15) is 0 Å². The van der Waals surface area contributed by atoms with E-state index in [-0.39, 0.29) is 24.5 Å². The summed E-state index contributed by atoms with van der Waals surface area (Å²) in [7, 11) is 0. The van der Waals surface area contributed by atoms with Gasteiger partial charge in [-0.25, -0.2) is 0 Å². The molecule has 0 atom stereocenters. The van der Waals surface area contributed by atoms with Gasteiger partial charge in [0.2, 0.25) is 0 Å². The van der Waals surface area contributed by atoms with E-state index in [1.54, 1.807) is 0 Å². The Hall–Kier alpha value is -10.4. The molecule has 6 nitrogen and oxygen atoms in total. The number of hydrogen-bond donors (Lipinski definition) is 0. The van der Waals surface area contributed by atoms with Crippen LogP contribution >= 0.6 is 0 Å². The Labute approximate surface area is 551 Å². The predicted molar refractivity (Wildman–Crippen MR) is 400 cm³/mol. The molecule has 0 saturated carbocycles. The number of nitrogens with zero attached hydrogens (tertiary/aromatic N) is 4. The third-order valence-corrected chi connectivity index (χ3v) is 21.0. The monoisotopic (exact) mass is 1210 g/mol. The van der Waals surface area contributed by atoms with Crippen LogP contribution in [0.5, 0.6) is 0 Å². The summed E-state index contributed by atoms with van der Waals surface area (Å²) in [5.41, 5.74) is 37.7. The van der Waals surface area contributed by atoms with Gasteiger partial charge < -0.3 is 28.3 Å². The lowest BCUT2D eigenvalue weighted by Crippen LogP contribution is -2.61. The van der Waals surface area contributed by atoms with Crippen LogP contribution in [0.4, 0.5) is 56.9 Å². The van der Waals surface area contributed by atoms with Gasteiger partial charge in [-0.05, 0) is 250 Å². The SMILES string of the molecule is Cc1cc2c3c(c1)N(c1c(C)cc(-c4ccc5c(c4)oc4ccccc45)cc1C)c1cc4c(cc1B3c1ccc(C(C)(C)C)cc1N2c1c(C)cc(-c2ccc3c(c2)oc2ccccc23)cc1C)N(c1ccccc1)B1c2c(C)cc(C(C)(C)C)cc2-c2ccccc2N14. The lowest BCUT2D eigenvalue weighted by Gasteiger charge is -2.46. The first-order valence-corrected chi connectivity index (χ1v) is 33.4. The van der Waals surface area contributed by atoms with Gasteiger partial charge in [-0.15, -0.1) is 0 Å². The van der Waals surface area contributed by atoms with E-state index in [1.807, 2.05) is 12.1 Å². The molecule has 0 fully saturated rings. The van der Waals surface area contributed by atoms with Gasteiger partial charge >= 0.3 is 6.98 Å². The second-order valence-corrected chi connectivity index (χ2v) is 29.3. The van der Waals surface area contributed by atoms with E-state index in [0.29, 0.717) is 0 Å². The van der Waals surface area contributed by atoms with Crippen LogP contribution in [0.15, 0.2) is 227 Å². The highest BCUT2D eigenvalue weighted by Gasteiger charge is 2.52. The molecule has 0 N–H and O–H groups in total. The first-order valence-electron chi connectivity index (χ1n) is 33.4. The highest BCUT2D eigenvalue weighted by Crippen LogP contribution is 2.56. The van der Waals surface area contributed by atoms with Gasteiger partial charge in [-0.3, -0.25) is 0 Å². The molecule has 2 aromatic heterocycles. The normalized spacial score (nSPS) is 13.8. The van der Waals surface area contributed by atoms with Gasteiger partial charge in [0.15, 0.2) is 0 Å². The highest BCUT2D eigenvalue weighted by atomic mass is 16.3. The van der Waals surface area contributed by atoms with Crippen molar-refractivity contribution in [2.45, 2.75) is 93.9 Å². The van der Waals surface area contributed by atoms with E-state index in [0.717, 1.165) is 66.3 Å². The van der Waals surface area contributed by atoms with Crippen LogP contribution in [0, 0.1) is 41.5 Å². The number of benzene rings is 12. The van der Waals surface area contributed by atoms with Crippen molar-refractivity contribution in [3.05, 3.63) is 263 Å². The number of rotatable bonds is 5. The van der Waals surface area contributed by atoms with Gasteiger partial charge in [0.1, 0.15) is 22.3 Å². The Morgan fingerprint density at radius 1 is 0.319 bits per heavy atom. The lowest BCUT2D eigenvalue weighted by molar-refractivity contribution is 0.590. The number of furan rings is 2. The van der Waals surface area contributed by atoms with E-state index in [1.165, 1.54) is 134 Å². The maximum Gasteiger partial charge on any atom is 0.421 e. The standard InChI is InChI=1S/C86H72B2N4O2/c1-49-36-75-82-76(37-49)90(84-53(5)40-58(41-54(84)6)56-31-34-66-64-26-18-21-29-78(64)94-80(66)44-56)72-48-74-73(91(61-22-14-13-15-23-61)88-81-50(2)42-60(86(10,11)12)45-67(81)62-24-16-19-27-70(62)92(74)88)47-69(72)87(82)68-35-32-59(85(7,8)9)46-71(68)89(75)83-51(3)38-57(39-52(83)4)55-30-33-65-63-25-17-20-28-77(63)93-79(65)43-55/h13-48H,1-12H3. The minimum Gasteiger partial charge on any atom is -0.456 e. The summed E-state index contributed by atoms with van der Waals surface area (Å²) in [6, 6.07) is 82.6. The van der Waals surface area contributed by atoms with E-state index in [9.17, 15) is 0 Å². The van der Waals surface area contributed by atoms with Gasteiger partial charge in [-0.1, -0.05) is 156 Å². The van der Waals surface area contributed by atoms with Crippen molar-refractivity contribution in [3.8, 4) is 33.4 Å². The summed E-state index contributed by atoms with van der Waals surface area (Å²) in [6.07, 6.45) is 0. The molecule has 454 valence electrons. The van der Waals surface area contributed by atoms with Crippen LogP contribution in [0.25, 0.3) is 77.3 Å². The molecular formula is C86H72B2N4O2. The summed E-state index contributed by atoms with van der Waals surface area (Å²) in [6.45, 7) is 27.7. The van der Waals surface area contributed by atoms with Crippen molar-refractivity contribution in [1.82, 2.24) is 0 Å². The fourth-order valence-corrected chi connectivity index (χ4v) is 16.7. The molecule has 0 saturated heterocycles. The molecule has 12 aromatic carbocycles. The van der Waals surface area contributed by atoms with Crippen LogP contribution in [-0.2, 0) is 10.8 Å². The van der Waals surface area contributed by atoms with E-state index in [4.69, 9.17) is 8.83 Å². The first-order chi connectivity index (χ1) is 45.3. The molecule has 18 rings (SSSR count). The van der Waals surface area contributed by atoms with E-state index in [2.05, 4.69) is 309 Å². The third-order valence-electron chi connectivity index (χ3n) is 21.0. The fraction of sp³-hybridized carbons (Fsp3) is 0.163. The maximum atomic E-state index is 6.53. The van der Waals surface area contributed by atoms with Crippen LogP contribution in [0.1, 0.15) is 86.1 Å². The zero-order chi connectivity index (χ0) is 64.1. The Morgan fingerprint density at radius 3 is 1.40 bits per heavy atom. The minimum atomic E-state index is -0.168. The zero-order valence-electron chi connectivity index (χ0n) is 55.5. The summed E-state index contributed by atoms with van der Waals surface area (Å²) in [5.74, 6) is 0. The molecule has 8 heteroatoms. The molecule has 14 aromatic rings. The van der Waals surface area contributed by atoms with E-state index >= 15 is 0 Å². The zero-order valence-corrected chi connectivity index (χ0v) is 55.5. The van der Waals surface area contributed by atoms with Gasteiger partial charge in [0, 0.05) is 61.2 Å². The van der Waals surface area contributed by atoms with Crippen LogP contribution in [0.3, 0.4) is 0 Å². The largest absolute Gasteiger partial charge is 0.456 e. The molecule has 6 heterocycles. The summed E-state index contributed by atoms with van der Waals surface area (Å²) in [4.78, 5) is 10.7. The molecule has 0 radical (unpaired) electrons. The van der Waals surface area contributed by atoms with Gasteiger partial charge in [0.25, 0.3) is 6.71 Å². The van der Waals surface area contributed by atoms with Crippen molar-refractivity contribution in [2.75, 3.05) is 19.4 Å². The van der Waals surface area contributed by atoms with Crippen molar-refractivity contribution in [1.29, 1.82) is 0 Å². The number of fused-ring (bicyclic) bond motifs is 18. The molecule has 0 unspecified atom stereocenters. The Morgan fingerprint density at radius 2 is 0.830 bits per heavy atom. The van der Waals surface area contributed by atoms with Crippen LogP contribution in [0.2, 0.25) is 0 Å². The highest BCUT2D eigenvalue weighted by molar-refractivity contribution is 7.00. The average molecular weight is 1220 g/mol. The molecule has 4 aliphatic heterocycles. The quantitative estimate of drug-likeness (QED) is 0.160. The predicted octanol–water partition coefficient (Wildman–Crippen LogP) is 21.0. The molecular weight excluding hydrogens is 1140 g/mol. The fourth-order valence-electron chi connectivity index (χ4n) is 16.7. The van der Waals surface area contributed by atoms with Gasteiger partial charge in [0.05, 0.1) is 22.7 Å². The molecule has 0 spiro atoms. The minimum absolute atomic E-state index is 0.0401. The number of aryl methyl sites for hydroxylation is 6. The second kappa shape index (κ2) is 20.0. The molecule has 0 bridgehead atoms.